The Hall–Kier alpha value is -2.56. The molecule has 0 aliphatic carbocycles. The van der Waals surface area contributed by atoms with Crippen molar-refractivity contribution in [3.8, 4) is 0 Å². The molecule has 0 radical (unpaired) electrons. The summed E-state index contributed by atoms with van der Waals surface area (Å²) in [7, 11) is 0. The first-order chi connectivity index (χ1) is 9.58. The summed E-state index contributed by atoms with van der Waals surface area (Å²) in [5.74, 6) is -0.928. The topological polar surface area (TPSA) is 89.4 Å². The van der Waals surface area contributed by atoms with E-state index in [9.17, 15) is 9.59 Å². The molecule has 0 bridgehead atoms. The molecule has 2 amide bonds. The lowest BCUT2D eigenvalue weighted by Gasteiger charge is -2.19. The second-order valence-electron chi connectivity index (χ2n) is 5.03. The van der Waals surface area contributed by atoms with E-state index in [2.05, 4.69) is 0 Å². The minimum Gasteiger partial charge on any atom is -0.398 e. The molecule has 1 atom stereocenters. The highest BCUT2D eigenvalue weighted by atomic mass is 16.2. The normalized spacial score (nSPS) is 18.7. The van der Waals surface area contributed by atoms with Gasteiger partial charge in [0.05, 0.1) is 11.6 Å². The number of benzene rings is 2. The number of primary amides is 1. The van der Waals surface area contributed by atoms with Crippen LogP contribution in [0, 0.1) is 5.92 Å². The summed E-state index contributed by atoms with van der Waals surface area (Å²) >= 11 is 0. The fraction of sp³-hybridized carbons (Fsp3) is 0.200. The Morgan fingerprint density at radius 2 is 1.85 bits per heavy atom. The van der Waals surface area contributed by atoms with E-state index in [1.165, 1.54) is 0 Å². The molecule has 5 nitrogen and oxygen atoms in total. The van der Waals surface area contributed by atoms with Gasteiger partial charge in [-0.2, -0.15) is 0 Å². The van der Waals surface area contributed by atoms with Crippen molar-refractivity contribution in [3.63, 3.8) is 0 Å². The lowest BCUT2D eigenvalue weighted by atomic mass is 10.1. The van der Waals surface area contributed by atoms with E-state index in [1.54, 1.807) is 4.90 Å². The van der Waals surface area contributed by atoms with Gasteiger partial charge in [-0.15, -0.1) is 0 Å². The van der Waals surface area contributed by atoms with Crippen molar-refractivity contribution in [1.82, 2.24) is 0 Å². The van der Waals surface area contributed by atoms with Crippen LogP contribution < -0.4 is 16.4 Å². The number of amides is 2. The Bertz CT molecular complexity index is 711. The van der Waals surface area contributed by atoms with E-state index < -0.39 is 11.8 Å². The van der Waals surface area contributed by atoms with Gasteiger partial charge in [0.1, 0.15) is 0 Å². The molecule has 2 aromatic carbocycles. The number of carbonyl (C=O) groups excluding carboxylic acids is 2. The first-order valence-electron chi connectivity index (χ1n) is 6.45. The molecule has 2 aromatic rings. The van der Waals surface area contributed by atoms with E-state index >= 15 is 0 Å². The Balaban J connectivity index is 2.09. The van der Waals surface area contributed by atoms with Crippen LogP contribution in [-0.4, -0.2) is 18.4 Å². The zero-order valence-corrected chi connectivity index (χ0v) is 10.9. The first kappa shape index (κ1) is 12.5. The second-order valence-corrected chi connectivity index (χ2v) is 5.03. The second kappa shape index (κ2) is 4.52. The third-order valence-electron chi connectivity index (χ3n) is 3.75. The lowest BCUT2D eigenvalue weighted by Crippen LogP contribution is -2.28. The van der Waals surface area contributed by atoms with E-state index in [0.29, 0.717) is 12.2 Å². The van der Waals surface area contributed by atoms with Crippen LogP contribution >= 0.6 is 0 Å². The van der Waals surface area contributed by atoms with Crippen LogP contribution in [0.3, 0.4) is 0 Å². The number of nitrogens with zero attached hydrogens (tertiary/aromatic N) is 1. The average Bonchev–Trinajstić information content (AvgIpc) is 2.81. The summed E-state index contributed by atoms with van der Waals surface area (Å²) in [5, 5.41) is 1.81. The van der Waals surface area contributed by atoms with Gasteiger partial charge in [-0.05, 0) is 12.1 Å². The fourth-order valence-corrected chi connectivity index (χ4v) is 2.68. The molecule has 0 aromatic heterocycles. The third-order valence-corrected chi connectivity index (χ3v) is 3.75. The van der Waals surface area contributed by atoms with Gasteiger partial charge in [0.2, 0.25) is 11.8 Å². The summed E-state index contributed by atoms with van der Waals surface area (Å²) < 4.78 is 0. The zero-order chi connectivity index (χ0) is 14.3. The van der Waals surface area contributed by atoms with Crippen molar-refractivity contribution in [1.29, 1.82) is 0 Å². The molecular weight excluding hydrogens is 254 g/mol. The number of fused-ring (bicyclic) bond motifs is 1. The minimum atomic E-state index is -0.430. The lowest BCUT2D eigenvalue weighted by molar-refractivity contribution is -0.123. The maximum absolute atomic E-state index is 12.1. The maximum atomic E-state index is 12.1. The molecule has 1 saturated heterocycles. The standard InChI is InChI=1S/C15H15N3O2/c16-12-5-1-4-11-10(12)3-2-6-13(11)18-8-9(15(17)20)7-14(18)19/h1-6,9H,7-8,16H2,(H2,17,20). The molecule has 1 aliphatic rings. The van der Waals surface area contributed by atoms with Crippen LogP contribution in [0.2, 0.25) is 0 Å². The van der Waals surface area contributed by atoms with Crippen molar-refractivity contribution in [3.05, 3.63) is 36.4 Å². The van der Waals surface area contributed by atoms with Crippen LogP contribution in [0.25, 0.3) is 10.8 Å². The number of carbonyl (C=O) groups is 2. The SMILES string of the molecule is NC(=O)C1CC(=O)N(c2cccc3c(N)cccc23)C1. The summed E-state index contributed by atoms with van der Waals surface area (Å²) in [6.07, 6.45) is 0.175. The molecule has 3 rings (SSSR count). The molecule has 1 heterocycles. The summed E-state index contributed by atoms with van der Waals surface area (Å²) in [6, 6.07) is 11.2. The molecule has 5 heteroatoms. The predicted molar refractivity (Wildman–Crippen MR) is 78.0 cm³/mol. The van der Waals surface area contributed by atoms with Crippen molar-refractivity contribution < 1.29 is 9.59 Å². The van der Waals surface area contributed by atoms with Gasteiger partial charge in [-0.25, -0.2) is 0 Å². The molecule has 1 aliphatic heterocycles. The van der Waals surface area contributed by atoms with Crippen LogP contribution in [-0.2, 0) is 9.59 Å². The van der Waals surface area contributed by atoms with Crippen molar-refractivity contribution in [2.45, 2.75) is 6.42 Å². The van der Waals surface area contributed by atoms with Crippen molar-refractivity contribution in [2.24, 2.45) is 11.7 Å². The number of nitrogen functional groups attached to an aromatic ring is 1. The number of hydrogen-bond acceptors (Lipinski definition) is 3. The largest absolute Gasteiger partial charge is 0.398 e. The number of rotatable bonds is 2. The van der Waals surface area contributed by atoms with E-state index in [-0.39, 0.29) is 12.3 Å². The Kier molecular flexibility index (Phi) is 2.82. The van der Waals surface area contributed by atoms with Crippen molar-refractivity contribution >= 4 is 34.0 Å². The Morgan fingerprint density at radius 1 is 1.15 bits per heavy atom. The molecule has 20 heavy (non-hydrogen) atoms. The van der Waals surface area contributed by atoms with Crippen LogP contribution in [0.1, 0.15) is 6.42 Å². The third kappa shape index (κ3) is 1.87. The first-order valence-corrected chi connectivity index (χ1v) is 6.45. The molecule has 1 unspecified atom stereocenters. The predicted octanol–water partition coefficient (Wildman–Crippen LogP) is 1.26. The van der Waals surface area contributed by atoms with Crippen LogP contribution in [0.4, 0.5) is 11.4 Å². The summed E-state index contributed by atoms with van der Waals surface area (Å²) in [5.41, 5.74) is 12.7. The number of nitrogens with two attached hydrogens (primary N) is 2. The molecule has 0 spiro atoms. The van der Waals surface area contributed by atoms with Gasteiger partial charge >= 0.3 is 0 Å². The molecule has 102 valence electrons. The Labute approximate surface area is 116 Å². The minimum absolute atomic E-state index is 0.0799. The van der Waals surface area contributed by atoms with Gasteiger partial charge in [0, 0.05) is 29.4 Å². The van der Waals surface area contributed by atoms with E-state index in [0.717, 1.165) is 16.5 Å². The summed E-state index contributed by atoms with van der Waals surface area (Å²) in [6.45, 7) is 0.335. The van der Waals surface area contributed by atoms with Crippen LogP contribution in [0.5, 0.6) is 0 Å². The van der Waals surface area contributed by atoms with Gasteiger partial charge in [0.25, 0.3) is 0 Å². The van der Waals surface area contributed by atoms with Gasteiger partial charge < -0.3 is 16.4 Å². The molecule has 1 fully saturated rings. The van der Waals surface area contributed by atoms with Gasteiger partial charge in [-0.3, -0.25) is 9.59 Å². The highest BCUT2D eigenvalue weighted by Crippen LogP contribution is 2.33. The maximum Gasteiger partial charge on any atom is 0.227 e. The van der Waals surface area contributed by atoms with E-state index in [4.69, 9.17) is 11.5 Å². The smallest absolute Gasteiger partial charge is 0.227 e. The molecule has 4 N–H and O–H groups in total. The number of hydrogen-bond donors (Lipinski definition) is 2. The monoisotopic (exact) mass is 269 g/mol. The highest BCUT2D eigenvalue weighted by molar-refractivity contribution is 6.09. The highest BCUT2D eigenvalue weighted by Gasteiger charge is 2.34. The van der Waals surface area contributed by atoms with E-state index in [1.807, 2.05) is 36.4 Å². The Morgan fingerprint density at radius 3 is 2.55 bits per heavy atom. The molecule has 0 saturated carbocycles. The molecular formula is C15H15N3O2. The zero-order valence-electron chi connectivity index (χ0n) is 10.9. The van der Waals surface area contributed by atoms with Crippen LogP contribution in [0.15, 0.2) is 36.4 Å². The van der Waals surface area contributed by atoms with Crippen molar-refractivity contribution in [2.75, 3.05) is 17.2 Å². The fourth-order valence-electron chi connectivity index (χ4n) is 2.68. The number of anilines is 2. The quantitative estimate of drug-likeness (QED) is 0.804. The summed E-state index contributed by atoms with van der Waals surface area (Å²) in [4.78, 5) is 25.0. The van der Waals surface area contributed by atoms with Gasteiger partial charge in [-0.1, -0.05) is 24.3 Å². The van der Waals surface area contributed by atoms with Gasteiger partial charge in [0.15, 0.2) is 0 Å². The average molecular weight is 269 g/mol.